The van der Waals surface area contributed by atoms with E-state index in [-0.39, 0.29) is 11.8 Å². The Bertz CT molecular complexity index is 958. The number of hydrogen-bond acceptors (Lipinski definition) is 5. The normalized spacial score (nSPS) is 17.1. The predicted molar refractivity (Wildman–Crippen MR) is 115 cm³/mol. The van der Waals surface area contributed by atoms with Crippen molar-refractivity contribution in [1.82, 2.24) is 4.90 Å². The molecule has 1 fully saturated rings. The molecule has 2 aliphatic rings. The van der Waals surface area contributed by atoms with E-state index in [1.54, 1.807) is 0 Å². The molecule has 0 radical (unpaired) electrons. The summed E-state index contributed by atoms with van der Waals surface area (Å²) in [5, 5.41) is 0. The second-order valence-electron chi connectivity index (χ2n) is 7.25. The van der Waals surface area contributed by atoms with Gasteiger partial charge in [-0.25, -0.2) is 4.90 Å². The zero-order chi connectivity index (χ0) is 21.1. The maximum atomic E-state index is 13.5. The first-order valence-electron chi connectivity index (χ1n) is 10.4. The number of amides is 2. The van der Waals surface area contributed by atoms with Crippen molar-refractivity contribution in [1.29, 1.82) is 0 Å². The smallest absolute Gasteiger partial charge is 0.282 e. The second kappa shape index (κ2) is 8.71. The van der Waals surface area contributed by atoms with Crippen molar-refractivity contribution in [3.05, 3.63) is 65.4 Å². The van der Waals surface area contributed by atoms with Gasteiger partial charge in [-0.1, -0.05) is 31.2 Å². The standard InChI is InChI=1S/C24H26N2O4/c1-3-17-5-9-19(10-6-17)26-23(27)21(18-7-11-20(12-8-18)30-4-2)22(24(26)28)25-13-15-29-16-14-25/h5-12H,3-4,13-16H2,1-2H3. The summed E-state index contributed by atoms with van der Waals surface area (Å²) in [4.78, 5) is 30.2. The molecule has 0 bridgehead atoms. The van der Waals surface area contributed by atoms with Crippen molar-refractivity contribution >= 4 is 23.1 Å². The van der Waals surface area contributed by atoms with Crippen LogP contribution in [-0.2, 0) is 20.7 Å². The van der Waals surface area contributed by atoms with Gasteiger partial charge in [0.25, 0.3) is 11.8 Å². The molecule has 2 aromatic rings. The maximum Gasteiger partial charge on any atom is 0.282 e. The van der Waals surface area contributed by atoms with Gasteiger partial charge in [0.05, 0.1) is 31.1 Å². The monoisotopic (exact) mass is 406 g/mol. The van der Waals surface area contributed by atoms with E-state index in [0.717, 1.165) is 17.7 Å². The second-order valence-corrected chi connectivity index (χ2v) is 7.25. The van der Waals surface area contributed by atoms with Gasteiger partial charge in [0.15, 0.2) is 0 Å². The van der Waals surface area contributed by atoms with Gasteiger partial charge < -0.3 is 14.4 Å². The molecule has 0 aromatic heterocycles. The summed E-state index contributed by atoms with van der Waals surface area (Å²) in [6, 6.07) is 14.9. The number of carbonyl (C=O) groups is 2. The Morgan fingerprint density at radius 2 is 1.57 bits per heavy atom. The number of carbonyl (C=O) groups excluding carboxylic acids is 2. The van der Waals surface area contributed by atoms with Gasteiger partial charge in [0, 0.05) is 13.1 Å². The largest absolute Gasteiger partial charge is 0.494 e. The fraction of sp³-hybridized carbons (Fsp3) is 0.333. The third-order valence-corrected chi connectivity index (χ3v) is 5.44. The van der Waals surface area contributed by atoms with Gasteiger partial charge >= 0.3 is 0 Å². The molecule has 0 saturated carbocycles. The van der Waals surface area contributed by atoms with Gasteiger partial charge in [-0.2, -0.15) is 0 Å². The topological polar surface area (TPSA) is 59.1 Å². The van der Waals surface area contributed by atoms with Crippen molar-refractivity contribution in [2.75, 3.05) is 37.8 Å². The fourth-order valence-corrected chi connectivity index (χ4v) is 3.86. The highest BCUT2D eigenvalue weighted by atomic mass is 16.5. The summed E-state index contributed by atoms with van der Waals surface area (Å²) in [6.45, 7) is 6.80. The van der Waals surface area contributed by atoms with E-state index in [0.29, 0.717) is 55.4 Å². The fourth-order valence-electron chi connectivity index (χ4n) is 3.86. The molecule has 0 unspecified atom stereocenters. The molecule has 0 aliphatic carbocycles. The number of aryl methyl sites for hydroxylation is 1. The van der Waals surface area contributed by atoms with Crippen LogP contribution >= 0.6 is 0 Å². The van der Waals surface area contributed by atoms with Gasteiger partial charge in [-0.05, 0) is 48.7 Å². The molecule has 0 spiro atoms. The van der Waals surface area contributed by atoms with Crippen molar-refractivity contribution in [2.24, 2.45) is 0 Å². The van der Waals surface area contributed by atoms with Crippen LogP contribution in [0.1, 0.15) is 25.0 Å². The van der Waals surface area contributed by atoms with Crippen LogP contribution in [0.3, 0.4) is 0 Å². The average molecular weight is 406 g/mol. The lowest BCUT2D eigenvalue weighted by atomic mass is 10.0. The van der Waals surface area contributed by atoms with Crippen LogP contribution < -0.4 is 9.64 Å². The Balaban J connectivity index is 1.75. The molecule has 2 aliphatic heterocycles. The van der Waals surface area contributed by atoms with Crippen LogP contribution in [0.15, 0.2) is 54.2 Å². The minimum Gasteiger partial charge on any atom is -0.494 e. The lowest BCUT2D eigenvalue weighted by Crippen LogP contribution is -2.40. The van der Waals surface area contributed by atoms with Gasteiger partial charge in [-0.15, -0.1) is 0 Å². The number of ether oxygens (including phenoxy) is 2. The van der Waals surface area contributed by atoms with Crippen LogP contribution in [-0.4, -0.2) is 49.6 Å². The summed E-state index contributed by atoms with van der Waals surface area (Å²) in [6.07, 6.45) is 0.900. The number of hydrogen-bond donors (Lipinski definition) is 0. The summed E-state index contributed by atoms with van der Waals surface area (Å²) >= 11 is 0. The van der Waals surface area contributed by atoms with Gasteiger partial charge in [0.2, 0.25) is 0 Å². The maximum absolute atomic E-state index is 13.5. The molecule has 0 N–H and O–H groups in total. The molecule has 1 saturated heterocycles. The molecule has 2 amide bonds. The molecule has 0 atom stereocenters. The van der Waals surface area contributed by atoms with Crippen molar-refractivity contribution in [3.63, 3.8) is 0 Å². The highest BCUT2D eigenvalue weighted by molar-refractivity contribution is 6.45. The highest BCUT2D eigenvalue weighted by Gasteiger charge is 2.42. The summed E-state index contributed by atoms with van der Waals surface area (Å²) in [7, 11) is 0. The lowest BCUT2D eigenvalue weighted by Gasteiger charge is -2.29. The minimum atomic E-state index is -0.296. The van der Waals surface area contributed by atoms with Crippen LogP contribution in [0, 0.1) is 0 Å². The van der Waals surface area contributed by atoms with E-state index in [9.17, 15) is 9.59 Å². The molecular weight excluding hydrogens is 380 g/mol. The van der Waals surface area contributed by atoms with E-state index >= 15 is 0 Å². The number of rotatable bonds is 6. The van der Waals surface area contributed by atoms with Crippen molar-refractivity contribution in [3.8, 4) is 5.75 Å². The number of imide groups is 1. The molecule has 6 heteroatoms. The van der Waals surface area contributed by atoms with E-state index in [4.69, 9.17) is 9.47 Å². The predicted octanol–water partition coefficient (Wildman–Crippen LogP) is 3.26. The van der Waals surface area contributed by atoms with E-state index < -0.39 is 0 Å². The zero-order valence-electron chi connectivity index (χ0n) is 17.4. The third-order valence-electron chi connectivity index (χ3n) is 5.44. The molecule has 30 heavy (non-hydrogen) atoms. The number of anilines is 1. The van der Waals surface area contributed by atoms with E-state index in [1.807, 2.05) is 60.4 Å². The van der Waals surface area contributed by atoms with Gasteiger partial charge in [-0.3, -0.25) is 9.59 Å². The Labute approximate surface area is 176 Å². The Morgan fingerprint density at radius 3 is 2.17 bits per heavy atom. The Kier molecular flexibility index (Phi) is 5.86. The minimum absolute atomic E-state index is 0.282. The lowest BCUT2D eigenvalue weighted by molar-refractivity contribution is -0.121. The summed E-state index contributed by atoms with van der Waals surface area (Å²) in [5.74, 6) is 0.156. The molecule has 4 rings (SSSR count). The molecule has 2 heterocycles. The summed E-state index contributed by atoms with van der Waals surface area (Å²) in [5.41, 5.74) is 3.35. The van der Waals surface area contributed by atoms with E-state index in [2.05, 4.69) is 6.92 Å². The Hall–Kier alpha value is -3.12. The SMILES string of the molecule is CCOc1ccc(C2=C(N3CCOCC3)C(=O)N(c3ccc(CC)cc3)C2=O)cc1. The van der Waals surface area contributed by atoms with Crippen molar-refractivity contribution in [2.45, 2.75) is 20.3 Å². The number of nitrogens with zero attached hydrogens (tertiary/aromatic N) is 2. The number of benzene rings is 2. The highest BCUT2D eigenvalue weighted by Crippen LogP contribution is 2.35. The van der Waals surface area contributed by atoms with Gasteiger partial charge in [0.1, 0.15) is 11.4 Å². The van der Waals surface area contributed by atoms with Crippen LogP contribution in [0.25, 0.3) is 5.57 Å². The quantitative estimate of drug-likeness (QED) is 0.689. The van der Waals surface area contributed by atoms with E-state index in [1.165, 1.54) is 4.90 Å². The molecule has 6 nitrogen and oxygen atoms in total. The first kappa shape index (κ1) is 20.2. The first-order chi connectivity index (χ1) is 14.6. The molecule has 2 aromatic carbocycles. The molecular formula is C24H26N2O4. The first-order valence-corrected chi connectivity index (χ1v) is 10.4. The zero-order valence-corrected chi connectivity index (χ0v) is 17.4. The summed E-state index contributed by atoms with van der Waals surface area (Å²) < 4.78 is 11.0. The average Bonchev–Trinajstić information content (AvgIpc) is 3.05. The third kappa shape index (κ3) is 3.71. The molecule has 156 valence electrons. The van der Waals surface area contributed by atoms with Crippen molar-refractivity contribution < 1.29 is 19.1 Å². The Morgan fingerprint density at radius 1 is 0.900 bits per heavy atom. The van der Waals surface area contributed by atoms with Crippen LogP contribution in [0.4, 0.5) is 5.69 Å². The number of morpholine rings is 1. The van der Waals surface area contributed by atoms with Crippen LogP contribution in [0.2, 0.25) is 0 Å². The van der Waals surface area contributed by atoms with Crippen LogP contribution in [0.5, 0.6) is 5.75 Å².